The minimum Gasteiger partial charge on any atom is -0.392 e. The van der Waals surface area contributed by atoms with Gasteiger partial charge >= 0.3 is 0 Å². The van der Waals surface area contributed by atoms with E-state index in [0.29, 0.717) is 11.5 Å². The van der Waals surface area contributed by atoms with Gasteiger partial charge < -0.3 is 15.3 Å². The van der Waals surface area contributed by atoms with Crippen molar-refractivity contribution in [2.45, 2.75) is 18.4 Å². The Morgan fingerprint density at radius 2 is 1.97 bits per heavy atom. The Labute approximate surface area is 185 Å². The number of benzene rings is 2. The van der Waals surface area contributed by atoms with Gasteiger partial charge in [0, 0.05) is 42.7 Å². The highest BCUT2D eigenvalue weighted by molar-refractivity contribution is 7.89. The van der Waals surface area contributed by atoms with Crippen molar-refractivity contribution in [1.82, 2.24) is 19.7 Å². The summed E-state index contributed by atoms with van der Waals surface area (Å²) >= 11 is 0. The van der Waals surface area contributed by atoms with Crippen molar-refractivity contribution in [2.24, 2.45) is 12.2 Å². The maximum absolute atomic E-state index is 11.8. The Kier molecular flexibility index (Phi) is 5.55. The number of hydrogen-bond acceptors (Lipinski definition) is 8. The minimum atomic E-state index is -3.99. The first kappa shape index (κ1) is 21.7. The van der Waals surface area contributed by atoms with Gasteiger partial charge in [-0.25, -0.2) is 18.5 Å². The van der Waals surface area contributed by atoms with Gasteiger partial charge in [0.1, 0.15) is 5.82 Å². The van der Waals surface area contributed by atoms with Gasteiger partial charge in [0.2, 0.25) is 16.0 Å². The number of hydrogen-bond donors (Lipinski definition) is 3. The van der Waals surface area contributed by atoms with Crippen LogP contribution in [-0.4, -0.2) is 40.3 Å². The number of aliphatic hydroxyl groups is 1. The molecule has 0 aliphatic carbocycles. The summed E-state index contributed by atoms with van der Waals surface area (Å²) in [6.45, 7) is 1.58. The maximum atomic E-state index is 11.8. The second kappa shape index (κ2) is 8.19. The normalized spacial score (nSPS) is 11.7. The highest BCUT2D eigenvalue weighted by atomic mass is 32.2. The molecule has 0 radical (unpaired) electrons. The maximum Gasteiger partial charge on any atom is 0.238 e. The third-order valence-corrected chi connectivity index (χ3v) is 6.28. The van der Waals surface area contributed by atoms with Gasteiger partial charge in [-0.1, -0.05) is 6.07 Å². The van der Waals surface area contributed by atoms with Crippen LogP contribution in [-0.2, 0) is 23.7 Å². The number of aryl methyl sites for hydroxylation is 2. The lowest BCUT2D eigenvalue weighted by atomic mass is 10.2. The van der Waals surface area contributed by atoms with Crippen molar-refractivity contribution in [3.63, 3.8) is 0 Å². The van der Waals surface area contributed by atoms with Crippen LogP contribution in [0.2, 0.25) is 0 Å². The molecule has 0 aliphatic rings. The Bertz CT molecular complexity index is 1420. The number of aliphatic hydroxyl groups excluding tert-OH is 1. The zero-order valence-corrected chi connectivity index (χ0v) is 18.6. The zero-order chi connectivity index (χ0) is 23.0. The smallest absolute Gasteiger partial charge is 0.238 e. The summed E-state index contributed by atoms with van der Waals surface area (Å²) in [5.74, 6) is 0.911. The third-order valence-electron chi connectivity index (χ3n) is 5.29. The van der Waals surface area contributed by atoms with Crippen molar-refractivity contribution in [1.29, 1.82) is 0 Å². The van der Waals surface area contributed by atoms with E-state index >= 15 is 0 Å². The highest BCUT2D eigenvalue weighted by Gasteiger charge is 2.15. The number of nitrogens with zero attached hydrogens (tertiary/aromatic N) is 5. The van der Waals surface area contributed by atoms with Crippen LogP contribution in [0.25, 0.3) is 10.9 Å². The number of fused-ring (bicyclic) bond motifs is 1. The standard InChI is InChI=1S/C21H23N7O3S/c1-13-17-7-6-16(11-18(17)26-28(13)3)27(2)20-8-9-23-21(25-20)24-15-5-4-14(12-29)19(10-15)32(22,30)31/h4-11,29H,12H2,1-3H3,(H2,22,30,31)(H,23,24,25). The molecule has 0 amide bonds. The topological polar surface area (TPSA) is 139 Å². The van der Waals surface area contributed by atoms with Crippen molar-refractivity contribution >= 4 is 44.1 Å². The average molecular weight is 454 g/mol. The van der Waals surface area contributed by atoms with Crippen LogP contribution in [0.4, 0.5) is 23.1 Å². The summed E-state index contributed by atoms with van der Waals surface area (Å²) in [6, 6.07) is 12.2. The number of nitrogens with two attached hydrogens (primary N) is 1. The van der Waals surface area contributed by atoms with E-state index in [4.69, 9.17) is 5.14 Å². The van der Waals surface area contributed by atoms with Gasteiger partial charge in [-0.3, -0.25) is 4.68 Å². The molecule has 32 heavy (non-hydrogen) atoms. The molecule has 2 aromatic heterocycles. The molecule has 11 heteroatoms. The summed E-state index contributed by atoms with van der Waals surface area (Å²) in [7, 11) is -0.195. The summed E-state index contributed by atoms with van der Waals surface area (Å²) in [6.07, 6.45) is 1.60. The Morgan fingerprint density at radius 3 is 2.69 bits per heavy atom. The van der Waals surface area contributed by atoms with Gasteiger partial charge in [0.25, 0.3) is 0 Å². The molecule has 2 heterocycles. The first-order valence-electron chi connectivity index (χ1n) is 9.71. The van der Waals surface area contributed by atoms with Gasteiger partial charge in [-0.15, -0.1) is 0 Å². The van der Waals surface area contributed by atoms with Crippen LogP contribution < -0.4 is 15.4 Å². The molecule has 4 N–H and O–H groups in total. The quantitative estimate of drug-likeness (QED) is 0.404. The molecule has 0 atom stereocenters. The van der Waals surface area contributed by atoms with E-state index in [9.17, 15) is 13.5 Å². The molecular weight excluding hydrogens is 430 g/mol. The molecule has 0 fully saturated rings. The number of primary sulfonamides is 1. The van der Waals surface area contributed by atoms with Gasteiger partial charge in [-0.2, -0.15) is 10.1 Å². The number of nitrogens with one attached hydrogen (secondary N) is 1. The average Bonchev–Trinajstić information content (AvgIpc) is 3.05. The lowest BCUT2D eigenvalue weighted by Crippen LogP contribution is -2.15. The molecule has 0 bridgehead atoms. The molecular formula is C21H23N7O3S. The van der Waals surface area contributed by atoms with Crippen LogP contribution in [0.5, 0.6) is 0 Å². The van der Waals surface area contributed by atoms with E-state index in [1.54, 1.807) is 18.3 Å². The fraction of sp³-hybridized carbons (Fsp3) is 0.190. The number of rotatable bonds is 6. The van der Waals surface area contributed by atoms with Crippen LogP contribution in [0.15, 0.2) is 53.6 Å². The van der Waals surface area contributed by atoms with Crippen molar-refractivity contribution < 1.29 is 13.5 Å². The number of aromatic nitrogens is 4. The molecule has 166 valence electrons. The van der Waals surface area contributed by atoms with Crippen LogP contribution in [0.1, 0.15) is 11.3 Å². The summed E-state index contributed by atoms with van der Waals surface area (Å²) in [5.41, 5.74) is 3.53. The molecule has 2 aromatic carbocycles. The molecule has 4 aromatic rings. The molecule has 0 aliphatic heterocycles. The first-order valence-corrected chi connectivity index (χ1v) is 11.3. The van der Waals surface area contributed by atoms with Crippen LogP contribution in [0.3, 0.4) is 0 Å². The summed E-state index contributed by atoms with van der Waals surface area (Å²) in [4.78, 5) is 10.5. The second-order valence-corrected chi connectivity index (χ2v) is 8.89. The molecule has 4 rings (SSSR count). The van der Waals surface area contributed by atoms with Crippen LogP contribution in [0, 0.1) is 6.92 Å². The molecule has 0 saturated heterocycles. The Hall–Kier alpha value is -3.54. The molecule has 0 spiro atoms. The van der Waals surface area contributed by atoms with E-state index in [1.165, 1.54) is 12.1 Å². The SMILES string of the molecule is Cc1c2ccc(N(C)c3ccnc(Nc4ccc(CO)c(S(N)(=O)=O)c4)n3)cc2nn1C. The van der Waals surface area contributed by atoms with Gasteiger partial charge in [0.05, 0.1) is 17.0 Å². The zero-order valence-electron chi connectivity index (χ0n) is 17.8. The van der Waals surface area contributed by atoms with Crippen molar-refractivity contribution in [2.75, 3.05) is 17.3 Å². The number of sulfonamides is 1. The predicted octanol–water partition coefficient (Wildman–Crippen LogP) is 2.32. The molecule has 10 nitrogen and oxygen atoms in total. The van der Waals surface area contributed by atoms with Crippen molar-refractivity contribution in [3.8, 4) is 0 Å². The summed E-state index contributed by atoms with van der Waals surface area (Å²) < 4.78 is 25.5. The van der Waals surface area contributed by atoms with Crippen molar-refractivity contribution in [3.05, 3.63) is 59.9 Å². The highest BCUT2D eigenvalue weighted by Crippen LogP contribution is 2.28. The van der Waals surface area contributed by atoms with Gasteiger partial charge in [0.15, 0.2) is 0 Å². The summed E-state index contributed by atoms with van der Waals surface area (Å²) in [5, 5.41) is 23.2. The second-order valence-electron chi connectivity index (χ2n) is 7.36. The van der Waals surface area contributed by atoms with Gasteiger partial charge in [-0.05, 0) is 48.9 Å². The predicted molar refractivity (Wildman–Crippen MR) is 123 cm³/mol. The molecule has 0 unspecified atom stereocenters. The van der Waals surface area contributed by atoms with E-state index in [-0.39, 0.29) is 16.4 Å². The monoisotopic (exact) mass is 453 g/mol. The fourth-order valence-corrected chi connectivity index (χ4v) is 4.20. The fourth-order valence-electron chi connectivity index (χ4n) is 3.41. The number of anilines is 4. The lowest BCUT2D eigenvalue weighted by Gasteiger charge is -2.19. The minimum absolute atomic E-state index is 0.155. The van der Waals surface area contributed by atoms with E-state index in [0.717, 1.165) is 22.3 Å². The van der Waals surface area contributed by atoms with Crippen LogP contribution >= 0.6 is 0 Å². The Morgan fingerprint density at radius 1 is 1.19 bits per heavy atom. The van der Waals surface area contributed by atoms with E-state index in [1.807, 2.05) is 48.8 Å². The Balaban J connectivity index is 1.63. The third kappa shape index (κ3) is 4.13. The lowest BCUT2D eigenvalue weighted by molar-refractivity contribution is 0.278. The largest absolute Gasteiger partial charge is 0.392 e. The van der Waals surface area contributed by atoms with E-state index in [2.05, 4.69) is 20.4 Å². The molecule has 0 saturated carbocycles. The van der Waals surface area contributed by atoms with E-state index < -0.39 is 16.6 Å². The first-order chi connectivity index (χ1) is 15.2.